The van der Waals surface area contributed by atoms with Gasteiger partial charge in [0.2, 0.25) is 0 Å². The number of carbonyl (C=O) groups is 1. The van der Waals surface area contributed by atoms with E-state index >= 15 is 0 Å². The van der Waals surface area contributed by atoms with Gasteiger partial charge in [0.1, 0.15) is 6.10 Å². The van der Waals surface area contributed by atoms with Gasteiger partial charge in [-0.15, -0.1) is 0 Å². The molecule has 1 N–H and O–H groups in total. The maximum absolute atomic E-state index is 11.0. The van der Waals surface area contributed by atoms with Crippen LogP contribution in [0.15, 0.2) is 30.3 Å². The second kappa shape index (κ2) is 3.10. The third-order valence-electron chi connectivity index (χ3n) is 2.68. The molecule has 0 saturated carbocycles. The van der Waals surface area contributed by atoms with Gasteiger partial charge in [-0.3, -0.25) is 0 Å². The predicted molar refractivity (Wildman–Crippen MR) is 50.9 cm³/mol. The first kappa shape index (κ1) is 9.21. The highest BCUT2D eigenvalue weighted by molar-refractivity contribution is 5.81. The summed E-state index contributed by atoms with van der Waals surface area (Å²) >= 11 is 0. The minimum Gasteiger partial charge on any atom is -0.479 e. The molecule has 1 aromatic carbocycles. The highest BCUT2D eigenvalue weighted by Gasteiger charge is 2.62. The monoisotopic (exact) mass is 192 g/mol. The molecule has 2 rings (SSSR count). The predicted octanol–water partition coefficient (Wildman–Crippen LogP) is 1.99. The van der Waals surface area contributed by atoms with Crippen molar-refractivity contribution in [3.05, 3.63) is 35.9 Å². The zero-order chi connectivity index (χ0) is 10.2. The standard InChI is InChI=1S/C11H12O3/c1-2-11(10(12)13)9(14-11)8-6-4-3-5-7-8/h3-7,9H,2H2,1H3,(H,12,13). The molecule has 2 unspecified atom stereocenters. The van der Waals surface area contributed by atoms with Crippen LogP contribution in [0.5, 0.6) is 0 Å². The van der Waals surface area contributed by atoms with Crippen LogP contribution in [0.4, 0.5) is 0 Å². The highest BCUT2D eigenvalue weighted by atomic mass is 16.6. The van der Waals surface area contributed by atoms with Crippen molar-refractivity contribution < 1.29 is 14.6 Å². The molecular weight excluding hydrogens is 180 g/mol. The summed E-state index contributed by atoms with van der Waals surface area (Å²) in [4.78, 5) is 11.0. The quantitative estimate of drug-likeness (QED) is 0.745. The molecule has 1 aromatic rings. The Bertz CT molecular complexity index is 347. The average Bonchev–Trinajstić information content (AvgIpc) is 2.95. The van der Waals surface area contributed by atoms with Crippen LogP contribution >= 0.6 is 0 Å². The van der Waals surface area contributed by atoms with Crippen LogP contribution in [-0.4, -0.2) is 16.7 Å². The lowest BCUT2D eigenvalue weighted by atomic mass is 9.97. The minimum atomic E-state index is -0.971. The number of hydrogen-bond acceptors (Lipinski definition) is 2. The van der Waals surface area contributed by atoms with Gasteiger partial charge in [0, 0.05) is 0 Å². The number of carboxylic acid groups (broad SMARTS) is 1. The van der Waals surface area contributed by atoms with E-state index in [4.69, 9.17) is 9.84 Å². The Labute approximate surface area is 82.3 Å². The number of benzene rings is 1. The molecule has 0 bridgehead atoms. The fraction of sp³-hybridized carbons (Fsp3) is 0.364. The largest absolute Gasteiger partial charge is 0.479 e. The Morgan fingerprint density at radius 3 is 2.57 bits per heavy atom. The summed E-state index contributed by atoms with van der Waals surface area (Å²) in [5.41, 5.74) is -0.0294. The van der Waals surface area contributed by atoms with E-state index in [1.54, 1.807) is 0 Å². The first-order valence-electron chi connectivity index (χ1n) is 4.67. The molecule has 0 radical (unpaired) electrons. The number of epoxide rings is 1. The Morgan fingerprint density at radius 1 is 1.50 bits per heavy atom. The fourth-order valence-electron chi connectivity index (χ4n) is 1.72. The van der Waals surface area contributed by atoms with Crippen molar-refractivity contribution in [3.63, 3.8) is 0 Å². The van der Waals surface area contributed by atoms with Crippen LogP contribution in [0, 0.1) is 0 Å². The lowest BCUT2D eigenvalue weighted by Gasteiger charge is -2.02. The summed E-state index contributed by atoms with van der Waals surface area (Å²) < 4.78 is 5.30. The lowest BCUT2D eigenvalue weighted by Crippen LogP contribution is -2.23. The number of aliphatic carboxylic acids is 1. The Morgan fingerprint density at radius 2 is 2.14 bits per heavy atom. The van der Waals surface area contributed by atoms with Crippen molar-refractivity contribution >= 4 is 5.97 Å². The summed E-state index contributed by atoms with van der Waals surface area (Å²) in [5, 5.41) is 9.01. The van der Waals surface area contributed by atoms with Gasteiger partial charge in [0.05, 0.1) is 0 Å². The molecule has 1 fully saturated rings. The molecule has 14 heavy (non-hydrogen) atoms. The molecule has 3 nitrogen and oxygen atoms in total. The van der Waals surface area contributed by atoms with Gasteiger partial charge in [-0.25, -0.2) is 4.79 Å². The van der Waals surface area contributed by atoms with E-state index in [2.05, 4.69) is 0 Å². The highest BCUT2D eigenvalue weighted by Crippen LogP contribution is 2.51. The summed E-state index contributed by atoms with van der Waals surface area (Å²) in [6.45, 7) is 1.83. The summed E-state index contributed by atoms with van der Waals surface area (Å²) in [6, 6.07) is 9.47. The van der Waals surface area contributed by atoms with E-state index in [1.807, 2.05) is 37.3 Å². The van der Waals surface area contributed by atoms with E-state index in [9.17, 15) is 4.79 Å². The van der Waals surface area contributed by atoms with Crippen LogP contribution in [0.2, 0.25) is 0 Å². The van der Waals surface area contributed by atoms with Crippen LogP contribution in [0.1, 0.15) is 25.0 Å². The molecule has 0 aliphatic carbocycles. The fourth-order valence-corrected chi connectivity index (χ4v) is 1.72. The smallest absolute Gasteiger partial charge is 0.339 e. The molecule has 0 aromatic heterocycles. The third-order valence-corrected chi connectivity index (χ3v) is 2.68. The Balaban J connectivity index is 2.22. The second-order valence-corrected chi connectivity index (χ2v) is 3.46. The summed E-state index contributed by atoms with van der Waals surface area (Å²) in [5.74, 6) is -0.867. The normalized spacial score (nSPS) is 29.9. The lowest BCUT2D eigenvalue weighted by molar-refractivity contribution is -0.143. The van der Waals surface area contributed by atoms with Crippen molar-refractivity contribution in [2.45, 2.75) is 25.0 Å². The van der Waals surface area contributed by atoms with Crippen molar-refractivity contribution in [3.8, 4) is 0 Å². The first-order valence-corrected chi connectivity index (χ1v) is 4.67. The molecule has 0 spiro atoms. The van der Waals surface area contributed by atoms with Gasteiger partial charge in [0.15, 0.2) is 5.60 Å². The van der Waals surface area contributed by atoms with Crippen LogP contribution in [0.25, 0.3) is 0 Å². The van der Waals surface area contributed by atoms with Gasteiger partial charge in [-0.05, 0) is 12.0 Å². The molecule has 1 aliphatic rings. The molecule has 1 saturated heterocycles. The molecule has 74 valence electrons. The first-order chi connectivity index (χ1) is 6.70. The van der Waals surface area contributed by atoms with Crippen molar-refractivity contribution in [2.75, 3.05) is 0 Å². The van der Waals surface area contributed by atoms with Gasteiger partial charge < -0.3 is 9.84 Å². The molecule has 1 heterocycles. The topological polar surface area (TPSA) is 49.8 Å². The Kier molecular flexibility index (Phi) is 2.04. The van der Waals surface area contributed by atoms with Crippen LogP contribution in [0.3, 0.4) is 0 Å². The zero-order valence-electron chi connectivity index (χ0n) is 7.93. The summed E-state index contributed by atoms with van der Waals surface area (Å²) in [6.07, 6.45) is 0.230. The van der Waals surface area contributed by atoms with Gasteiger partial charge >= 0.3 is 5.97 Å². The van der Waals surface area contributed by atoms with Crippen molar-refractivity contribution in [2.24, 2.45) is 0 Å². The van der Waals surface area contributed by atoms with Gasteiger partial charge in [0.25, 0.3) is 0 Å². The van der Waals surface area contributed by atoms with Crippen molar-refractivity contribution in [1.29, 1.82) is 0 Å². The minimum absolute atomic E-state index is 0.272. The molecular formula is C11H12O3. The van der Waals surface area contributed by atoms with E-state index in [-0.39, 0.29) is 6.10 Å². The molecule has 3 heteroatoms. The van der Waals surface area contributed by atoms with E-state index < -0.39 is 11.6 Å². The maximum atomic E-state index is 11.0. The molecule has 0 amide bonds. The maximum Gasteiger partial charge on any atom is 0.339 e. The van der Waals surface area contributed by atoms with Gasteiger partial charge in [-0.1, -0.05) is 37.3 Å². The van der Waals surface area contributed by atoms with Crippen LogP contribution in [-0.2, 0) is 9.53 Å². The molecule has 2 atom stereocenters. The van der Waals surface area contributed by atoms with Crippen molar-refractivity contribution in [1.82, 2.24) is 0 Å². The number of ether oxygens (including phenoxy) is 1. The number of rotatable bonds is 3. The SMILES string of the molecule is CCC1(C(=O)O)OC1c1ccccc1. The Hall–Kier alpha value is -1.35. The van der Waals surface area contributed by atoms with E-state index in [0.717, 1.165) is 5.56 Å². The second-order valence-electron chi connectivity index (χ2n) is 3.46. The van der Waals surface area contributed by atoms with Crippen LogP contribution < -0.4 is 0 Å². The third kappa shape index (κ3) is 1.21. The van der Waals surface area contributed by atoms with Gasteiger partial charge in [-0.2, -0.15) is 0 Å². The number of hydrogen-bond donors (Lipinski definition) is 1. The number of carboxylic acids is 1. The average molecular weight is 192 g/mol. The van der Waals surface area contributed by atoms with E-state index in [0.29, 0.717) is 6.42 Å². The van der Waals surface area contributed by atoms with E-state index in [1.165, 1.54) is 0 Å². The zero-order valence-corrected chi connectivity index (χ0v) is 7.93. The summed E-state index contributed by atoms with van der Waals surface area (Å²) in [7, 11) is 0. The molecule has 1 aliphatic heterocycles.